The van der Waals surface area contributed by atoms with Gasteiger partial charge in [0.15, 0.2) is 0 Å². The van der Waals surface area contributed by atoms with E-state index in [1.165, 1.54) is 0 Å². The van der Waals surface area contributed by atoms with Crippen molar-refractivity contribution in [2.45, 2.75) is 19.4 Å². The monoisotopic (exact) mass is 272 g/mol. The molecule has 2 aromatic rings. The van der Waals surface area contributed by atoms with Crippen LogP contribution in [0.1, 0.15) is 12.8 Å². The highest BCUT2D eigenvalue weighted by atomic mass is 16.5. The molecule has 1 fully saturated rings. The number of ether oxygens (including phenoxy) is 1. The number of nitrogens with zero attached hydrogens (tertiary/aromatic N) is 1. The average Bonchev–Trinajstić information content (AvgIpc) is 2.51. The van der Waals surface area contributed by atoms with Crippen LogP contribution >= 0.6 is 0 Å². The minimum Gasteiger partial charge on any atom is -0.497 e. The molecule has 1 aliphatic rings. The van der Waals surface area contributed by atoms with Crippen LogP contribution in [0.15, 0.2) is 35.1 Å². The molecule has 1 saturated heterocycles. The Hall–Kier alpha value is -1.81. The van der Waals surface area contributed by atoms with Gasteiger partial charge in [0.05, 0.1) is 12.6 Å². The van der Waals surface area contributed by atoms with E-state index in [2.05, 4.69) is 5.32 Å². The highest BCUT2D eigenvalue weighted by Crippen LogP contribution is 2.21. The van der Waals surface area contributed by atoms with E-state index in [1.807, 2.05) is 28.8 Å². The van der Waals surface area contributed by atoms with Crippen LogP contribution in [0.2, 0.25) is 0 Å². The molecule has 4 heteroatoms. The second kappa shape index (κ2) is 5.67. The summed E-state index contributed by atoms with van der Waals surface area (Å²) in [6.45, 7) is 2.89. The van der Waals surface area contributed by atoms with Crippen LogP contribution < -0.4 is 15.6 Å². The molecule has 20 heavy (non-hydrogen) atoms. The van der Waals surface area contributed by atoms with Crippen molar-refractivity contribution in [3.8, 4) is 5.75 Å². The van der Waals surface area contributed by atoms with Crippen molar-refractivity contribution in [1.82, 2.24) is 9.88 Å². The standard InChI is InChI=1S/C16H20N2O2/c1-20-14-4-2-13-3-5-16(19)18(15(13)10-14)11-12-6-8-17-9-7-12/h2-5,10,12,17H,6-9,11H2,1H3. The molecular formula is C16H20N2O2. The van der Waals surface area contributed by atoms with E-state index < -0.39 is 0 Å². The Labute approximate surface area is 118 Å². The van der Waals surface area contributed by atoms with Crippen molar-refractivity contribution in [3.63, 3.8) is 0 Å². The Morgan fingerprint density at radius 1 is 1.25 bits per heavy atom. The summed E-state index contributed by atoms with van der Waals surface area (Å²) in [7, 11) is 1.65. The number of pyridine rings is 1. The van der Waals surface area contributed by atoms with Gasteiger partial charge in [-0.1, -0.05) is 0 Å². The van der Waals surface area contributed by atoms with Gasteiger partial charge in [-0.2, -0.15) is 0 Å². The zero-order chi connectivity index (χ0) is 13.9. The van der Waals surface area contributed by atoms with Gasteiger partial charge in [-0.15, -0.1) is 0 Å². The molecule has 0 spiro atoms. The molecule has 0 bridgehead atoms. The fourth-order valence-electron chi connectivity index (χ4n) is 2.91. The molecule has 4 nitrogen and oxygen atoms in total. The SMILES string of the molecule is COc1ccc2ccc(=O)n(CC3CCNCC3)c2c1. The number of benzene rings is 1. The highest BCUT2D eigenvalue weighted by Gasteiger charge is 2.15. The van der Waals surface area contributed by atoms with Crippen molar-refractivity contribution in [2.75, 3.05) is 20.2 Å². The first-order chi connectivity index (χ1) is 9.78. The summed E-state index contributed by atoms with van der Waals surface area (Å²) in [5.41, 5.74) is 1.04. The third-order valence-electron chi connectivity index (χ3n) is 4.10. The van der Waals surface area contributed by atoms with E-state index >= 15 is 0 Å². The van der Waals surface area contributed by atoms with Crippen LogP contribution in [-0.2, 0) is 6.54 Å². The molecule has 0 unspecified atom stereocenters. The number of hydrogen-bond donors (Lipinski definition) is 1. The normalized spacial score (nSPS) is 16.4. The zero-order valence-electron chi connectivity index (χ0n) is 11.8. The maximum absolute atomic E-state index is 12.2. The number of piperidine rings is 1. The average molecular weight is 272 g/mol. The lowest BCUT2D eigenvalue weighted by atomic mass is 9.98. The molecule has 1 aromatic heterocycles. The highest BCUT2D eigenvalue weighted by molar-refractivity contribution is 5.80. The first-order valence-electron chi connectivity index (χ1n) is 7.16. The Morgan fingerprint density at radius 3 is 2.75 bits per heavy atom. The quantitative estimate of drug-likeness (QED) is 0.929. The van der Waals surface area contributed by atoms with Gasteiger partial charge in [0.25, 0.3) is 5.56 Å². The van der Waals surface area contributed by atoms with E-state index in [0.29, 0.717) is 5.92 Å². The molecule has 3 rings (SSSR count). The van der Waals surface area contributed by atoms with Crippen LogP contribution in [-0.4, -0.2) is 24.8 Å². The summed E-state index contributed by atoms with van der Waals surface area (Å²) in [6, 6.07) is 9.44. The molecule has 0 saturated carbocycles. The Balaban J connectivity index is 2.02. The van der Waals surface area contributed by atoms with Gasteiger partial charge in [0.1, 0.15) is 5.75 Å². The van der Waals surface area contributed by atoms with Crippen molar-refractivity contribution >= 4 is 10.9 Å². The number of hydrogen-bond acceptors (Lipinski definition) is 3. The van der Waals surface area contributed by atoms with E-state index in [-0.39, 0.29) is 5.56 Å². The van der Waals surface area contributed by atoms with Gasteiger partial charge in [-0.3, -0.25) is 4.79 Å². The number of nitrogens with one attached hydrogen (secondary N) is 1. The second-order valence-corrected chi connectivity index (χ2v) is 5.40. The molecule has 0 radical (unpaired) electrons. The maximum atomic E-state index is 12.2. The number of aromatic nitrogens is 1. The Bertz CT molecular complexity index is 657. The van der Waals surface area contributed by atoms with Gasteiger partial charge < -0.3 is 14.6 Å². The van der Waals surface area contributed by atoms with Crippen LogP contribution in [0.4, 0.5) is 0 Å². The summed E-state index contributed by atoms with van der Waals surface area (Å²) in [6.07, 6.45) is 2.26. The van der Waals surface area contributed by atoms with Crippen molar-refractivity contribution in [2.24, 2.45) is 5.92 Å². The van der Waals surface area contributed by atoms with E-state index in [1.54, 1.807) is 13.2 Å². The predicted molar refractivity (Wildman–Crippen MR) is 80.4 cm³/mol. The predicted octanol–water partition coefficient (Wildman–Crippen LogP) is 2.01. The van der Waals surface area contributed by atoms with Crippen LogP contribution in [0.25, 0.3) is 10.9 Å². The first kappa shape index (κ1) is 13.2. The van der Waals surface area contributed by atoms with Crippen molar-refractivity contribution < 1.29 is 4.74 Å². The number of fused-ring (bicyclic) bond motifs is 1. The summed E-state index contributed by atoms with van der Waals surface area (Å²) in [4.78, 5) is 12.2. The second-order valence-electron chi connectivity index (χ2n) is 5.40. The first-order valence-corrected chi connectivity index (χ1v) is 7.16. The lowest BCUT2D eigenvalue weighted by molar-refractivity contribution is 0.333. The van der Waals surface area contributed by atoms with E-state index in [9.17, 15) is 4.79 Å². The van der Waals surface area contributed by atoms with Crippen molar-refractivity contribution in [3.05, 3.63) is 40.7 Å². The maximum Gasteiger partial charge on any atom is 0.251 e. The van der Waals surface area contributed by atoms with E-state index in [4.69, 9.17) is 4.74 Å². The van der Waals surface area contributed by atoms with Crippen LogP contribution in [0.5, 0.6) is 5.75 Å². The third kappa shape index (κ3) is 2.56. The molecule has 2 heterocycles. The van der Waals surface area contributed by atoms with Gasteiger partial charge in [0, 0.05) is 18.7 Å². The van der Waals surface area contributed by atoms with E-state index in [0.717, 1.165) is 49.1 Å². The fraction of sp³-hybridized carbons (Fsp3) is 0.438. The van der Waals surface area contributed by atoms with Crippen LogP contribution in [0.3, 0.4) is 0 Å². The van der Waals surface area contributed by atoms with Gasteiger partial charge in [-0.25, -0.2) is 0 Å². The van der Waals surface area contributed by atoms with Gasteiger partial charge in [0.2, 0.25) is 0 Å². The van der Waals surface area contributed by atoms with Gasteiger partial charge >= 0.3 is 0 Å². The van der Waals surface area contributed by atoms with Crippen LogP contribution in [0, 0.1) is 5.92 Å². The molecular weight excluding hydrogens is 252 g/mol. The number of rotatable bonds is 3. The minimum atomic E-state index is 0.0734. The summed E-state index contributed by atoms with van der Waals surface area (Å²) < 4.78 is 7.18. The molecule has 1 aliphatic heterocycles. The topological polar surface area (TPSA) is 43.3 Å². The molecule has 0 amide bonds. The van der Waals surface area contributed by atoms with Gasteiger partial charge in [-0.05, 0) is 55.4 Å². The zero-order valence-corrected chi connectivity index (χ0v) is 11.8. The molecule has 0 atom stereocenters. The summed E-state index contributed by atoms with van der Waals surface area (Å²) in [5, 5.41) is 4.45. The fourth-order valence-corrected chi connectivity index (χ4v) is 2.91. The number of methoxy groups -OCH3 is 1. The summed E-state index contributed by atoms with van der Waals surface area (Å²) in [5.74, 6) is 1.37. The third-order valence-corrected chi connectivity index (χ3v) is 4.10. The molecule has 106 valence electrons. The summed E-state index contributed by atoms with van der Waals surface area (Å²) >= 11 is 0. The van der Waals surface area contributed by atoms with Crippen molar-refractivity contribution in [1.29, 1.82) is 0 Å². The Kier molecular flexibility index (Phi) is 3.74. The Morgan fingerprint density at radius 2 is 2.00 bits per heavy atom. The molecule has 0 aliphatic carbocycles. The lowest BCUT2D eigenvalue weighted by Gasteiger charge is -2.24. The smallest absolute Gasteiger partial charge is 0.251 e. The lowest BCUT2D eigenvalue weighted by Crippen LogP contribution is -2.32. The minimum absolute atomic E-state index is 0.0734. The molecule has 1 N–H and O–H groups in total. The molecule has 1 aromatic carbocycles. The largest absolute Gasteiger partial charge is 0.497 e.